The summed E-state index contributed by atoms with van der Waals surface area (Å²) >= 11 is 0. The second-order valence-corrected chi connectivity index (χ2v) is 10.9. The molecule has 2 heterocycles. The standard InChI is InChI=1S/C25H31N3O4S/c1-17(2)32-12-13-33(30,31)28-10-8-19(9-11-28)23-16-27-24-21(23)14-20(15-22(24)25(26)29)18-6-4-3-5-7-18/h3-7,14-17,19,27H,8-13H2,1-2H3,(H2,26,29). The number of rotatable bonds is 8. The third kappa shape index (κ3) is 5.13. The van der Waals surface area contributed by atoms with E-state index in [1.165, 1.54) is 0 Å². The molecule has 1 aliphatic rings. The van der Waals surface area contributed by atoms with E-state index in [0.29, 0.717) is 18.7 Å². The van der Waals surface area contributed by atoms with Crippen molar-refractivity contribution in [3.63, 3.8) is 0 Å². The van der Waals surface area contributed by atoms with Crippen molar-refractivity contribution in [2.24, 2.45) is 5.73 Å². The van der Waals surface area contributed by atoms with Gasteiger partial charge in [0.2, 0.25) is 10.0 Å². The number of H-pyrrole nitrogens is 1. The van der Waals surface area contributed by atoms with E-state index in [9.17, 15) is 13.2 Å². The summed E-state index contributed by atoms with van der Waals surface area (Å²) in [5, 5.41) is 0.969. The van der Waals surface area contributed by atoms with Crippen LogP contribution in [0.2, 0.25) is 0 Å². The quantitative estimate of drug-likeness (QED) is 0.522. The van der Waals surface area contributed by atoms with Crippen molar-refractivity contribution in [1.29, 1.82) is 0 Å². The summed E-state index contributed by atoms with van der Waals surface area (Å²) in [6, 6.07) is 13.8. The van der Waals surface area contributed by atoms with Gasteiger partial charge in [0.1, 0.15) is 0 Å². The molecule has 0 radical (unpaired) electrons. The molecule has 0 saturated carbocycles. The number of aromatic amines is 1. The highest BCUT2D eigenvalue weighted by Gasteiger charge is 2.30. The maximum Gasteiger partial charge on any atom is 0.250 e. The van der Waals surface area contributed by atoms with Crippen molar-refractivity contribution in [3.05, 3.63) is 59.8 Å². The predicted molar refractivity (Wildman–Crippen MR) is 131 cm³/mol. The molecule has 8 heteroatoms. The number of carbonyl (C=O) groups is 1. The van der Waals surface area contributed by atoms with E-state index in [1.807, 2.05) is 56.4 Å². The van der Waals surface area contributed by atoms with Crippen molar-refractivity contribution in [3.8, 4) is 11.1 Å². The average molecular weight is 470 g/mol. The molecular weight excluding hydrogens is 438 g/mol. The van der Waals surface area contributed by atoms with Gasteiger partial charge >= 0.3 is 0 Å². The van der Waals surface area contributed by atoms with E-state index in [4.69, 9.17) is 10.5 Å². The number of nitrogens with zero attached hydrogens (tertiary/aromatic N) is 1. The number of fused-ring (bicyclic) bond motifs is 1. The normalized spacial score (nSPS) is 16.0. The van der Waals surface area contributed by atoms with Crippen molar-refractivity contribution >= 4 is 26.8 Å². The zero-order valence-corrected chi connectivity index (χ0v) is 19.9. The molecular formula is C25H31N3O4S. The second kappa shape index (κ2) is 9.67. The number of nitrogens with two attached hydrogens (primary N) is 1. The van der Waals surface area contributed by atoms with Crippen LogP contribution in [0.15, 0.2) is 48.7 Å². The highest BCUT2D eigenvalue weighted by atomic mass is 32.2. The molecule has 1 saturated heterocycles. The van der Waals surface area contributed by atoms with Crippen LogP contribution < -0.4 is 5.73 Å². The Labute approximate surface area is 195 Å². The van der Waals surface area contributed by atoms with Crippen LogP contribution in [0, 0.1) is 0 Å². The van der Waals surface area contributed by atoms with Crippen LogP contribution in [0.5, 0.6) is 0 Å². The number of benzene rings is 2. The number of sulfonamides is 1. The number of nitrogens with one attached hydrogen (secondary N) is 1. The van der Waals surface area contributed by atoms with Crippen LogP contribution in [0.4, 0.5) is 0 Å². The summed E-state index contributed by atoms with van der Waals surface area (Å²) in [6.45, 7) is 4.95. The van der Waals surface area contributed by atoms with Crippen molar-refractivity contribution in [2.75, 3.05) is 25.4 Å². The van der Waals surface area contributed by atoms with Gasteiger partial charge in [0.05, 0.1) is 29.5 Å². The van der Waals surface area contributed by atoms with E-state index >= 15 is 0 Å². The number of aromatic nitrogens is 1. The average Bonchev–Trinajstić information content (AvgIpc) is 3.22. The summed E-state index contributed by atoms with van der Waals surface area (Å²) in [5.74, 6) is -0.273. The molecule has 1 aliphatic heterocycles. The van der Waals surface area contributed by atoms with Crippen LogP contribution in [-0.2, 0) is 14.8 Å². The first-order valence-electron chi connectivity index (χ1n) is 11.4. The topological polar surface area (TPSA) is 105 Å². The molecule has 3 N–H and O–H groups in total. The van der Waals surface area contributed by atoms with Crippen LogP contribution in [0.3, 0.4) is 0 Å². The van der Waals surface area contributed by atoms with E-state index < -0.39 is 15.9 Å². The molecule has 176 valence electrons. The Hall–Kier alpha value is -2.68. The Morgan fingerprint density at radius 1 is 1.15 bits per heavy atom. The summed E-state index contributed by atoms with van der Waals surface area (Å²) in [6.07, 6.45) is 3.40. The summed E-state index contributed by atoms with van der Waals surface area (Å²) in [5.41, 5.74) is 9.94. The number of hydrogen-bond donors (Lipinski definition) is 2. The van der Waals surface area contributed by atoms with Crippen molar-refractivity contribution in [1.82, 2.24) is 9.29 Å². The Bertz CT molecular complexity index is 1230. The Balaban J connectivity index is 1.57. The maximum absolute atomic E-state index is 12.7. The van der Waals surface area contributed by atoms with E-state index in [1.54, 1.807) is 4.31 Å². The summed E-state index contributed by atoms with van der Waals surface area (Å²) in [7, 11) is -3.34. The highest BCUT2D eigenvalue weighted by molar-refractivity contribution is 7.89. The van der Waals surface area contributed by atoms with Crippen LogP contribution in [0.1, 0.15) is 48.5 Å². The summed E-state index contributed by atoms with van der Waals surface area (Å²) < 4.78 is 32.4. The van der Waals surface area contributed by atoms with Crippen LogP contribution >= 0.6 is 0 Å². The third-order valence-electron chi connectivity index (χ3n) is 6.27. The first-order valence-corrected chi connectivity index (χ1v) is 13.0. The molecule has 4 rings (SSSR count). The van der Waals surface area contributed by atoms with E-state index in [2.05, 4.69) is 11.1 Å². The van der Waals surface area contributed by atoms with E-state index in [-0.39, 0.29) is 24.4 Å². The number of carbonyl (C=O) groups excluding carboxylic acids is 1. The van der Waals surface area contributed by atoms with Gasteiger partial charge < -0.3 is 15.5 Å². The molecule has 3 aromatic rings. The van der Waals surface area contributed by atoms with Gasteiger partial charge in [0, 0.05) is 24.7 Å². The van der Waals surface area contributed by atoms with Gasteiger partial charge in [-0.2, -0.15) is 0 Å². The summed E-state index contributed by atoms with van der Waals surface area (Å²) in [4.78, 5) is 15.4. The lowest BCUT2D eigenvalue weighted by Crippen LogP contribution is -2.40. The second-order valence-electron chi connectivity index (χ2n) is 8.83. The van der Waals surface area contributed by atoms with Crippen LogP contribution in [-0.4, -0.2) is 55.2 Å². The molecule has 0 aliphatic carbocycles. The fraction of sp³-hybridized carbons (Fsp3) is 0.400. The minimum absolute atomic E-state index is 0.00530. The molecule has 1 fully saturated rings. The van der Waals surface area contributed by atoms with Crippen molar-refractivity contribution in [2.45, 2.75) is 38.7 Å². The van der Waals surface area contributed by atoms with Gasteiger partial charge in [-0.3, -0.25) is 4.79 Å². The molecule has 0 bridgehead atoms. The lowest BCUT2D eigenvalue weighted by Gasteiger charge is -2.31. The third-order valence-corrected chi connectivity index (χ3v) is 8.11. The largest absolute Gasteiger partial charge is 0.378 e. The molecule has 0 unspecified atom stereocenters. The zero-order valence-electron chi connectivity index (χ0n) is 19.1. The molecule has 2 aromatic carbocycles. The maximum atomic E-state index is 12.7. The number of hydrogen-bond acceptors (Lipinski definition) is 4. The first-order chi connectivity index (χ1) is 15.8. The van der Waals surface area contributed by atoms with Gasteiger partial charge in [-0.15, -0.1) is 0 Å². The molecule has 7 nitrogen and oxygen atoms in total. The lowest BCUT2D eigenvalue weighted by atomic mass is 9.88. The molecule has 33 heavy (non-hydrogen) atoms. The van der Waals surface area contributed by atoms with Gasteiger partial charge in [-0.25, -0.2) is 12.7 Å². The first kappa shape index (κ1) is 23.5. The fourth-order valence-corrected chi connectivity index (χ4v) is 5.88. The van der Waals surface area contributed by atoms with Crippen LogP contribution in [0.25, 0.3) is 22.0 Å². The molecule has 0 spiro atoms. The van der Waals surface area contributed by atoms with Gasteiger partial charge in [0.25, 0.3) is 5.91 Å². The van der Waals surface area contributed by atoms with Gasteiger partial charge in [-0.05, 0) is 61.4 Å². The number of amides is 1. The Kier molecular flexibility index (Phi) is 6.88. The van der Waals surface area contributed by atoms with Crippen molar-refractivity contribution < 1.29 is 17.9 Å². The Morgan fingerprint density at radius 3 is 2.48 bits per heavy atom. The highest BCUT2D eigenvalue weighted by Crippen LogP contribution is 2.37. The lowest BCUT2D eigenvalue weighted by molar-refractivity contribution is 0.0905. The number of ether oxygens (including phenoxy) is 1. The fourth-order valence-electron chi connectivity index (χ4n) is 4.55. The van der Waals surface area contributed by atoms with Gasteiger partial charge in [-0.1, -0.05) is 30.3 Å². The predicted octanol–water partition coefficient (Wildman–Crippen LogP) is 3.87. The number of primary amides is 1. The Morgan fingerprint density at radius 2 is 1.85 bits per heavy atom. The molecule has 1 amide bonds. The SMILES string of the molecule is CC(C)OCCS(=O)(=O)N1CCC(c2c[nH]c3c(C(N)=O)cc(-c4ccccc4)cc23)CC1. The number of piperidine rings is 1. The molecule has 1 aromatic heterocycles. The van der Waals surface area contributed by atoms with E-state index in [0.717, 1.165) is 40.4 Å². The van der Waals surface area contributed by atoms with Gasteiger partial charge in [0.15, 0.2) is 0 Å². The molecule has 0 atom stereocenters. The minimum atomic E-state index is -3.34. The smallest absolute Gasteiger partial charge is 0.250 e. The minimum Gasteiger partial charge on any atom is -0.378 e. The zero-order chi connectivity index (χ0) is 23.6. The monoisotopic (exact) mass is 469 g/mol.